The SMILES string of the molecule is CS(=O)(=O)c1cccc(S(=O)(=O)NC2CCCCC2CN)c1. The van der Waals surface area contributed by atoms with Crippen LogP contribution < -0.4 is 10.5 Å². The summed E-state index contributed by atoms with van der Waals surface area (Å²) in [5.74, 6) is 0.126. The summed E-state index contributed by atoms with van der Waals surface area (Å²) < 4.78 is 50.8. The molecule has 2 unspecified atom stereocenters. The van der Waals surface area contributed by atoms with E-state index < -0.39 is 19.9 Å². The lowest BCUT2D eigenvalue weighted by Crippen LogP contribution is -2.44. The lowest BCUT2D eigenvalue weighted by atomic mass is 9.85. The minimum absolute atomic E-state index is 0.00519. The molecule has 0 amide bonds. The highest BCUT2D eigenvalue weighted by molar-refractivity contribution is 7.91. The molecule has 0 spiro atoms. The van der Waals surface area contributed by atoms with Gasteiger partial charge in [0.1, 0.15) is 0 Å². The van der Waals surface area contributed by atoms with Gasteiger partial charge in [-0.2, -0.15) is 0 Å². The van der Waals surface area contributed by atoms with Crippen molar-refractivity contribution in [1.82, 2.24) is 4.72 Å². The van der Waals surface area contributed by atoms with Crippen molar-refractivity contribution in [3.63, 3.8) is 0 Å². The first-order valence-corrected chi connectivity index (χ1v) is 10.6. The molecule has 0 heterocycles. The van der Waals surface area contributed by atoms with E-state index in [0.717, 1.165) is 31.9 Å². The van der Waals surface area contributed by atoms with E-state index in [1.165, 1.54) is 24.3 Å². The molecule has 1 aromatic carbocycles. The summed E-state index contributed by atoms with van der Waals surface area (Å²) in [6.07, 6.45) is 4.74. The number of sulfone groups is 1. The molecule has 6 nitrogen and oxygen atoms in total. The Kier molecular flexibility index (Phi) is 5.26. The van der Waals surface area contributed by atoms with Gasteiger partial charge in [0.2, 0.25) is 10.0 Å². The molecule has 0 radical (unpaired) electrons. The molecule has 1 aliphatic rings. The number of hydrogen-bond acceptors (Lipinski definition) is 5. The van der Waals surface area contributed by atoms with Crippen molar-refractivity contribution < 1.29 is 16.8 Å². The number of nitrogens with one attached hydrogen (secondary N) is 1. The summed E-state index contributed by atoms with van der Waals surface area (Å²) in [6, 6.07) is 5.23. The zero-order valence-corrected chi connectivity index (χ0v) is 14.2. The topological polar surface area (TPSA) is 106 Å². The Morgan fingerprint density at radius 2 is 1.77 bits per heavy atom. The van der Waals surface area contributed by atoms with Crippen LogP contribution in [-0.2, 0) is 19.9 Å². The molecule has 2 rings (SSSR count). The van der Waals surface area contributed by atoms with Crippen LogP contribution in [0.3, 0.4) is 0 Å². The minimum atomic E-state index is -3.76. The van der Waals surface area contributed by atoms with Gasteiger partial charge in [0, 0.05) is 12.3 Å². The van der Waals surface area contributed by atoms with Crippen LogP contribution >= 0.6 is 0 Å². The summed E-state index contributed by atoms with van der Waals surface area (Å²) in [4.78, 5) is -0.0360. The van der Waals surface area contributed by atoms with E-state index in [1.54, 1.807) is 0 Å². The van der Waals surface area contributed by atoms with E-state index in [4.69, 9.17) is 5.73 Å². The Morgan fingerprint density at radius 1 is 1.14 bits per heavy atom. The van der Waals surface area contributed by atoms with Gasteiger partial charge in [0.05, 0.1) is 9.79 Å². The summed E-state index contributed by atoms with van der Waals surface area (Å²) in [6.45, 7) is 0.441. The molecule has 0 bridgehead atoms. The zero-order valence-electron chi connectivity index (χ0n) is 12.5. The maximum Gasteiger partial charge on any atom is 0.240 e. The lowest BCUT2D eigenvalue weighted by Gasteiger charge is -2.31. The van der Waals surface area contributed by atoms with E-state index in [9.17, 15) is 16.8 Å². The molecule has 1 aliphatic carbocycles. The van der Waals surface area contributed by atoms with Gasteiger partial charge < -0.3 is 5.73 Å². The fourth-order valence-electron chi connectivity index (χ4n) is 2.78. The predicted molar refractivity (Wildman–Crippen MR) is 84.7 cm³/mol. The summed E-state index contributed by atoms with van der Waals surface area (Å²) in [5, 5.41) is 0. The first-order chi connectivity index (χ1) is 10.2. The highest BCUT2D eigenvalue weighted by Gasteiger charge is 2.29. The maximum absolute atomic E-state index is 12.5. The summed E-state index contributed by atoms with van der Waals surface area (Å²) >= 11 is 0. The van der Waals surface area contributed by atoms with Crippen molar-refractivity contribution in [2.75, 3.05) is 12.8 Å². The van der Waals surface area contributed by atoms with Gasteiger partial charge in [-0.3, -0.25) is 0 Å². The van der Waals surface area contributed by atoms with Crippen LogP contribution in [0.4, 0.5) is 0 Å². The Bertz CT molecular complexity index is 729. The van der Waals surface area contributed by atoms with Gasteiger partial charge in [-0.1, -0.05) is 18.9 Å². The smallest absolute Gasteiger partial charge is 0.240 e. The van der Waals surface area contributed by atoms with E-state index in [1.807, 2.05) is 0 Å². The first-order valence-electron chi connectivity index (χ1n) is 7.26. The zero-order chi connectivity index (χ0) is 16.4. The van der Waals surface area contributed by atoms with Gasteiger partial charge in [-0.15, -0.1) is 0 Å². The largest absolute Gasteiger partial charge is 0.330 e. The first kappa shape index (κ1) is 17.4. The van der Waals surface area contributed by atoms with Crippen molar-refractivity contribution in [2.45, 2.75) is 41.5 Å². The molecular weight excluding hydrogens is 324 g/mol. The van der Waals surface area contributed by atoms with Crippen molar-refractivity contribution in [3.8, 4) is 0 Å². The average molecular weight is 346 g/mol. The molecule has 1 fully saturated rings. The molecule has 0 aromatic heterocycles. The fraction of sp³-hybridized carbons (Fsp3) is 0.571. The van der Waals surface area contributed by atoms with Crippen LogP contribution in [0.2, 0.25) is 0 Å². The quantitative estimate of drug-likeness (QED) is 0.823. The Hall–Kier alpha value is -0.960. The second-order valence-corrected chi connectivity index (χ2v) is 9.48. The third-order valence-corrected chi connectivity index (χ3v) is 6.66. The van der Waals surface area contributed by atoms with Crippen molar-refractivity contribution in [2.24, 2.45) is 11.7 Å². The van der Waals surface area contributed by atoms with Crippen LogP contribution in [0.25, 0.3) is 0 Å². The Balaban J connectivity index is 2.27. The van der Waals surface area contributed by atoms with Crippen molar-refractivity contribution >= 4 is 19.9 Å². The molecule has 124 valence electrons. The van der Waals surface area contributed by atoms with Gasteiger partial charge in [-0.05, 0) is 43.5 Å². The molecule has 2 atom stereocenters. The summed E-state index contributed by atoms with van der Waals surface area (Å²) in [7, 11) is -7.20. The van der Waals surface area contributed by atoms with Crippen LogP contribution in [0.5, 0.6) is 0 Å². The molecule has 22 heavy (non-hydrogen) atoms. The van der Waals surface area contributed by atoms with Gasteiger partial charge in [0.15, 0.2) is 9.84 Å². The van der Waals surface area contributed by atoms with Crippen molar-refractivity contribution in [3.05, 3.63) is 24.3 Å². The van der Waals surface area contributed by atoms with E-state index in [2.05, 4.69) is 4.72 Å². The van der Waals surface area contributed by atoms with Crippen LogP contribution in [0.15, 0.2) is 34.1 Å². The monoisotopic (exact) mass is 346 g/mol. The lowest BCUT2D eigenvalue weighted by molar-refractivity contribution is 0.296. The van der Waals surface area contributed by atoms with E-state index in [0.29, 0.717) is 6.54 Å². The second kappa shape index (κ2) is 6.66. The van der Waals surface area contributed by atoms with Gasteiger partial charge >= 0.3 is 0 Å². The Morgan fingerprint density at radius 3 is 2.41 bits per heavy atom. The predicted octanol–water partition coefficient (Wildman–Crippen LogP) is 0.886. The van der Waals surface area contributed by atoms with Crippen molar-refractivity contribution in [1.29, 1.82) is 0 Å². The summed E-state index contributed by atoms with van der Waals surface area (Å²) in [5.41, 5.74) is 5.72. The number of nitrogens with two attached hydrogens (primary N) is 1. The standard InChI is InChI=1S/C14H22N2O4S2/c1-21(17,18)12-6-4-7-13(9-12)22(19,20)16-14-8-3-2-5-11(14)10-15/h4,6-7,9,11,14,16H,2-3,5,8,10,15H2,1H3. The fourth-order valence-corrected chi connectivity index (χ4v) is 4.91. The van der Waals surface area contributed by atoms with E-state index in [-0.39, 0.29) is 21.8 Å². The molecule has 1 aromatic rings. The number of benzene rings is 1. The molecule has 0 saturated heterocycles. The van der Waals surface area contributed by atoms with Gasteiger partial charge in [-0.25, -0.2) is 21.6 Å². The number of hydrogen-bond donors (Lipinski definition) is 2. The molecule has 1 saturated carbocycles. The Labute approximate surface area is 132 Å². The highest BCUT2D eigenvalue weighted by Crippen LogP contribution is 2.25. The molecule has 0 aliphatic heterocycles. The minimum Gasteiger partial charge on any atom is -0.330 e. The number of rotatable bonds is 5. The normalized spacial score (nSPS) is 23.4. The third kappa shape index (κ3) is 4.07. The van der Waals surface area contributed by atoms with Crippen LogP contribution in [-0.4, -0.2) is 35.7 Å². The number of sulfonamides is 1. The highest BCUT2D eigenvalue weighted by atomic mass is 32.2. The van der Waals surface area contributed by atoms with Gasteiger partial charge in [0.25, 0.3) is 0 Å². The molecule has 8 heteroatoms. The molecule has 3 N–H and O–H groups in total. The molecular formula is C14H22N2O4S2. The third-order valence-electron chi connectivity index (χ3n) is 4.06. The van der Waals surface area contributed by atoms with E-state index >= 15 is 0 Å². The average Bonchev–Trinajstić information content (AvgIpc) is 2.47. The van der Waals surface area contributed by atoms with Crippen LogP contribution in [0, 0.1) is 5.92 Å². The second-order valence-electron chi connectivity index (χ2n) is 5.76. The maximum atomic E-state index is 12.5. The van der Waals surface area contributed by atoms with Crippen LogP contribution in [0.1, 0.15) is 25.7 Å².